The quantitative estimate of drug-likeness (QED) is 0.713. The summed E-state index contributed by atoms with van der Waals surface area (Å²) in [5.41, 5.74) is 2.79. The molecule has 0 amide bonds. The Kier molecular flexibility index (Phi) is 4.36. The number of hydrogen-bond donors (Lipinski definition) is 0. The molecule has 0 saturated heterocycles. The smallest absolute Gasteiger partial charge is 0.165 e. The zero-order valence-corrected chi connectivity index (χ0v) is 13.5. The van der Waals surface area contributed by atoms with Crippen LogP contribution >= 0.6 is 27.5 Å². The third-order valence-electron chi connectivity index (χ3n) is 3.36. The van der Waals surface area contributed by atoms with Crippen molar-refractivity contribution in [1.82, 2.24) is 0 Å². The first-order valence-electron chi connectivity index (χ1n) is 6.58. The first-order valence-corrected chi connectivity index (χ1v) is 8.08. The van der Waals surface area contributed by atoms with Crippen molar-refractivity contribution in [3.05, 3.63) is 57.9 Å². The molecule has 0 radical (unpaired) electrons. The molecule has 2 aromatic rings. The molecule has 0 bridgehead atoms. The summed E-state index contributed by atoms with van der Waals surface area (Å²) < 4.78 is 25.1. The molecule has 5 heteroatoms. The Morgan fingerprint density at radius 2 is 2.14 bits per heavy atom. The zero-order valence-electron chi connectivity index (χ0n) is 11.2. The normalized spacial score (nSPS) is 12.9. The lowest BCUT2D eigenvalue weighted by molar-refractivity contribution is 0.279. The van der Waals surface area contributed by atoms with E-state index in [1.54, 1.807) is 12.1 Å². The summed E-state index contributed by atoms with van der Waals surface area (Å²) in [6, 6.07) is 8.63. The molecule has 1 heterocycles. The van der Waals surface area contributed by atoms with Gasteiger partial charge in [-0.2, -0.15) is 0 Å². The van der Waals surface area contributed by atoms with Crippen molar-refractivity contribution in [1.29, 1.82) is 0 Å². The molecule has 0 atom stereocenters. The fraction of sp³-hybridized carbons (Fsp3) is 0.250. The average molecular weight is 372 g/mol. The number of alkyl halides is 1. The van der Waals surface area contributed by atoms with Crippen LogP contribution in [0, 0.1) is 5.82 Å². The van der Waals surface area contributed by atoms with Crippen molar-refractivity contribution in [2.24, 2.45) is 0 Å². The van der Waals surface area contributed by atoms with E-state index in [1.165, 1.54) is 6.07 Å². The molecule has 0 aromatic heterocycles. The fourth-order valence-corrected chi connectivity index (χ4v) is 2.97. The Bertz CT molecular complexity index is 676. The predicted octanol–water partition coefficient (Wildman–Crippen LogP) is 4.89. The third-order valence-corrected chi connectivity index (χ3v) is 4.22. The van der Waals surface area contributed by atoms with Gasteiger partial charge in [-0.05, 0) is 35.4 Å². The molecule has 1 aliphatic rings. The predicted molar refractivity (Wildman–Crippen MR) is 84.0 cm³/mol. The summed E-state index contributed by atoms with van der Waals surface area (Å²) in [4.78, 5) is 0. The fourth-order valence-electron chi connectivity index (χ4n) is 2.35. The largest absolute Gasteiger partial charge is 0.493 e. The molecular formula is C16H13BrClFO2. The molecule has 0 spiro atoms. The highest BCUT2D eigenvalue weighted by atomic mass is 79.9. The second-order valence-electron chi connectivity index (χ2n) is 4.84. The summed E-state index contributed by atoms with van der Waals surface area (Å²) in [6.45, 7) is 0.879. The van der Waals surface area contributed by atoms with Crippen LogP contribution in [0.2, 0.25) is 5.02 Å². The minimum atomic E-state index is -0.369. The van der Waals surface area contributed by atoms with Gasteiger partial charge < -0.3 is 9.47 Å². The molecule has 0 fully saturated rings. The topological polar surface area (TPSA) is 18.5 Å². The summed E-state index contributed by atoms with van der Waals surface area (Å²) in [6.07, 6.45) is 0.844. The molecule has 0 N–H and O–H groups in total. The molecule has 0 aliphatic carbocycles. The molecule has 21 heavy (non-hydrogen) atoms. The zero-order chi connectivity index (χ0) is 14.8. The molecule has 2 nitrogen and oxygen atoms in total. The van der Waals surface area contributed by atoms with Gasteiger partial charge in [-0.25, -0.2) is 4.39 Å². The van der Waals surface area contributed by atoms with Crippen molar-refractivity contribution in [3.8, 4) is 11.5 Å². The average Bonchev–Trinajstić information content (AvgIpc) is 2.93. The maximum atomic E-state index is 13.9. The molecule has 110 valence electrons. The number of ether oxygens (including phenoxy) is 2. The summed E-state index contributed by atoms with van der Waals surface area (Å²) in [5, 5.41) is 1.26. The maximum Gasteiger partial charge on any atom is 0.165 e. The summed E-state index contributed by atoms with van der Waals surface area (Å²) >= 11 is 9.39. The minimum absolute atomic E-state index is 0.228. The Labute approximate surface area is 136 Å². The van der Waals surface area contributed by atoms with Crippen LogP contribution in [0.4, 0.5) is 4.39 Å². The number of rotatable bonds is 4. The van der Waals surface area contributed by atoms with Crippen LogP contribution in [0.25, 0.3) is 0 Å². The molecule has 3 rings (SSSR count). The van der Waals surface area contributed by atoms with Gasteiger partial charge >= 0.3 is 0 Å². The van der Waals surface area contributed by atoms with E-state index in [4.69, 9.17) is 21.1 Å². The van der Waals surface area contributed by atoms with Gasteiger partial charge in [0.25, 0.3) is 0 Å². The molecule has 0 unspecified atom stereocenters. The minimum Gasteiger partial charge on any atom is -0.493 e. The van der Waals surface area contributed by atoms with Crippen molar-refractivity contribution < 1.29 is 13.9 Å². The molecule has 2 aromatic carbocycles. The SMILES string of the molecule is Fc1cc(CBr)ccc1OCc1cc(Cl)cc2c1OCC2. The van der Waals surface area contributed by atoms with Gasteiger partial charge in [0.1, 0.15) is 12.4 Å². The van der Waals surface area contributed by atoms with Gasteiger partial charge in [0.15, 0.2) is 11.6 Å². The number of hydrogen-bond acceptors (Lipinski definition) is 2. The Morgan fingerprint density at radius 1 is 1.29 bits per heavy atom. The van der Waals surface area contributed by atoms with E-state index in [0.717, 1.165) is 28.9 Å². The first-order chi connectivity index (χ1) is 10.2. The molecule has 0 saturated carbocycles. The Hall–Kier alpha value is -1.26. The van der Waals surface area contributed by atoms with Gasteiger partial charge in [-0.15, -0.1) is 0 Å². The van der Waals surface area contributed by atoms with Crippen molar-refractivity contribution in [2.45, 2.75) is 18.4 Å². The number of fused-ring (bicyclic) bond motifs is 1. The molecular weight excluding hydrogens is 359 g/mol. The first kappa shape index (κ1) is 14.7. The lowest BCUT2D eigenvalue weighted by Crippen LogP contribution is -2.00. The van der Waals surface area contributed by atoms with E-state index in [2.05, 4.69) is 15.9 Å². The van der Waals surface area contributed by atoms with Crippen LogP contribution in [-0.4, -0.2) is 6.61 Å². The maximum absolute atomic E-state index is 13.9. The van der Waals surface area contributed by atoms with Gasteiger partial charge in [0.05, 0.1) is 6.61 Å². The van der Waals surface area contributed by atoms with E-state index < -0.39 is 0 Å². The van der Waals surface area contributed by atoms with E-state index in [0.29, 0.717) is 17.0 Å². The van der Waals surface area contributed by atoms with Crippen LogP contribution in [-0.2, 0) is 18.4 Å². The van der Waals surface area contributed by atoms with Crippen LogP contribution in [0.5, 0.6) is 11.5 Å². The Balaban J connectivity index is 1.79. The van der Waals surface area contributed by atoms with E-state index in [-0.39, 0.29) is 18.2 Å². The van der Waals surface area contributed by atoms with E-state index >= 15 is 0 Å². The van der Waals surface area contributed by atoms with E-state index in [9.17, 15) is 4.39 Å². The Morgan fingerprint density at radius 3 is 2.90 bits per heavy atom. The van der Waals surface area contributed by atoms with Gasteiger partial charge in [-0.3, -0.25) is 0 Å². The molecule has 1 aliphatic heterocycles. The van der Waals surface area contributed by atoms with Gasteiger partial charge in [-0.1, -0.05) is 33.6 Å². The van der Waals surface area contributed by atoms with Crippen LogP contribution < -0.4 is 9.47 Å². The van der Waals surface area contributed by atoms with Crippen molar-refractivity contribution in [2.75, 3.05) is 6.61 Å². The second kappa shape index (κ2) is 6.24. The van der Waals surface area contributed by atoms with Crippen molar-refractivity contribution >= 4 is 27.5 Å². The van der Waals surface area contributed by atoms with Crippen LogP contribution in [0.1, 0.15) is 16.7 Å². The second-order valence-corrected chi connectivity index (χ2v) is 5.84. The highest BCUT2D eigenvalue weighted by molar-refractivity contribution is 9.08. The van der Waals surface area contributed by atoms with Crippen LogP contribution in [0.3, 0.4) is 0 Å². The number of halogens is 3. The lowest BCUT2D eigenvalue weighted by atomic mass is 10.1. The standard InChI is InChI=1S/C16H13BrClFO2/c17-8-10-1-2-15(14(19)5-10)21-9-12-7-13(18)6-11-3-4-20-16(11)12/h1-2,5-7H,3-4,8-9H2. The highest BCUT2D eigenvalue weighted by Gasteiger charge is 2.18. The van der Waals surface area contributed by atoms with Gasteiger partial charge in [0, 0.05) is 22.3 Å². The summed E-state index contributed by atoms with van der Waals surface area (Å²) in [5.74, 6) is 0.676. The third kappa shape index (κ3) is 3.16. The van der Waals surface area contributed by atoms with Crippen molar-refractivity contribution in [3.63, 3.8) is 0 Å². The van der Waals surface area contributed by atoms with E-state index in [1.807, 2.05) is 12.1 Å². The van der Waals surface area contributed by atoms with Crippen LogP contribution in [0.15, 0.2) is 30.3 Å². The highest BCUT2D eigenvalue weighted by Crippen LogP contribution is 2.33. The monoisotopic (exact) mass is 370 g/mol. The number of benzene rings is 2. The summed E-state index contributed by atoms with van der Waals surface area (Å²) in [7, 11) is 0. The lowest BCUT2D eigenvalue weighted by Gasteiger charge is -2.11. The van der Waals surface area contributed by atoms with Gasteiger partial charge in [0.2, 0.25) is 0 Å².